The monoisotopic (exact) mass is 257 g/mol. The van der Waals surface area contributed by atoms with E-state index in [0.29, 0.717) is 18.0 Å². The van der Waals surface area contributed by atoms with E-state index in [0.717, 1.165) is 11.1 Å². The van der Waals surface area contributed by atoms with E-state index < -0.39 is 5.91 Å². The molecule has 0 saturated carbocycles. The van der Waals surface area contributed by atoms with Crippen LogP contribution in [0.4, 0.5) is 5.69 Å². The average molecular weight is 257 g/mol. The number of carbonyl (C=O) groups is 1. The summed E-state index contributed by atoms with van der Waals surface area (Å²) in [5.74, 6) is -0.145. The lowest BCUT2D eigenvalue weighted by atomic mass is 10.1. The number of hydrogen-bond donors (Lipinski definition) is 2. The molecule has 0 saturated heterocycles. The first-order valence-electron chi connectivity index (χ1n) is 5.79. The molecular weight excluding hydrogens is 242 g/mol. The summed E-state index contributed by atoms with van der Waals surface area (Å²) in [6.07, 6.45) is 3.48. The fourth-order valence-corrected chi connectivity index (χ4v) is 1.72. The minimum absolute atomic E-state index is 0.278. The Morgan fingerprint density at radius 3 is 2.79 bits per heavy atom. The number of nitrogens with two attached hydrogens (primary N) is 2. The Kier molecular flexibility index (Phi) is 3.66. The Hall–Kier alpha value is -2.56. The van der Waals surface area contributed by atoms with Gasteiger partial charge in [-0.15, -0.1) is 0 Å². The third-order valence-electron chi connectivity index (χ3n) is 2.60. The zero-order valence-electron chi connectivity index (χ0n) is 10.6. The van der Waals surface area contributed by atoms with E-state index in [1.54, 1.807) is 24.5 Å². The number of nitrogens with zero attached hydrogens (tertiary/aromatic N) is 1. The number of hydrogen-bond acceptors (Lipinski definition) is 4. The molecule has 0 unspecified atom stereocenters. The van der Waals surface area contributed by atoms with Crippen molar-refractivity contribution in [2.45, 2.75) is 13.5 Å². The quantitative estimate of drug-likeness (QED) is 0.815. The molecule has 0 radical (unpaired) electrons. The van der Waals surface area contributed by atoms with Gasteiger partial charge in [0.15, 0.2) is 0 Å². The van der Waals surface area contributed by atoms with Gasteiger partial charge in [-0.3, -0.25) is 9.78 Å². The van der Waals surface area contributed by atoms with Crippen molar-refractivity contribution in [3.63, 3.8) is 0 Å². The fourth-order valence-electron chi connectivity index (χ4n) is 1.72. The number of pyridine rings is 1. The number of aromatic nitrogens is 1. The van der Waals surface area contributed by atoms with Gasteiger partial charge in [-0.1, -0.05) is 0 Å². The molecule has 2 rings (SSSR count). The zero-order valence-corrected chi connectivity index (χ0v) is 10.6. The summed E-state index contributed by atoms with van der Waals surface area (Å²) in [6.45, 7) is 2.27. The molecule has 5 heteroatoms. The van der Waals surface area contributed by atoms with Gasteiger partial charge in [0.25, 0.3) is 5.91 Å². The smallest absolute Gasteiger partial charge is 0.252 e. The Labute approximate surface area is 111 Å². The maximum atomic E-state index is 11.3. The Morgan fingerprint density at radius 2 is 2.11 bits per heavy atom. The third-order valence-corrected chi connectivity index (χ3v) is 2.60. The van der Waals surface area contributed by atoms with Gasteiger partial charge in [-0.25, -0.2) is 0 Å². The number of benzene rings is 1. The van der Waals surface area contributed by atoms with E-state index in [2.05, 4.69) is 4.98 Å². The zero-order chi connectivity index (χ0) is 13.8. The highest BCUT2D eigenvalue weighted by atomic mass is 16.5. The largest absolute Gasteiger partial charge is 0.488 e. The highest BCUT2D eigenvalue weighted by Gasteiger charge is 2.10. The first-order chi connectivity index (χ1) is 9.06. The summed E-state index contributed by atoms with van der Waals surface area (Å²) in [5.41, 5.74) is 13.6. The highest BCUT2D eigenvalue weighted by molar-refractivity contribution is 5.96. The first kappa shape index (κ1) is 12.9. The van der Waals surface area contributed by atoms with Crippen LogP contribution >= 0.6 is 0 Å². The first-order valence-corrected chi connectivity index (χ1v) is 5.79. The second-order valence-electron chi connectivity index (χ2n) is 4.28. The van der Waals surface area contributed by atoms with Crippen LogP contribution in [0.5, 0.6) is 5.75 Å². The van der Waals surface area contributed by atoms with E-state index in [4.69, 9.17) is 16.2 Å². The third kappa shape index (κ3) is 3.22. The predicted molar refractivity (Wildman–Crippen MR) is 72.7 cm³/mol. The maximum absolute atomic E-state index is 11.3. The summed E-state index contributed by atoms with van der Waals surface area (Å²) < 4.78 is 5.60. The molecule has 2 aromatic rings. The van der Waals surface area contributed by atoms with Gasteiger partial charge in [0.1, 0.15) is 12.4 Å². The van der Waals surface area contributed by atoms with Crippen LogP contribution in [0, 0.1) is 6.92 Å². The van der Waals surface area contributed by atoms with Crippen molar-refractivity contribution < 1.29 is 9.53 Å². The van der Waals surface area contributed by atoms with Crippen LogP contribution in [0.25, 0.3) is 0 Å². The molecule has 1 heterocycles. The molecule has 0 atom stereocenters. The Bertz CT molecular complexity index is 611. The standard InChI is InChI=1S/C14H15N3O2/c1-9-4-10(7-17-6-9)8-19-13-3-2-11(15)5-12(13)14(16)18/h2-7H,8,15H2,1H3,(H2,16,18). The molecule has 0 spiro atoms. The molecule has 0 bridgehead atoms. The lowest BCUT2D eigenvalue weighted by Crippen LogP contribution is -2.13. The maximum Gasteiger partial charge on any atom is 0.252 e. The van der Waals surface area contributed by atoms with Crippen molar-refractivity contribution in [1.82, 2.24) is 4.98 Å². The topological polar surface area (TPSA) is 91.2 Å². The average Bonchev–Trinajstić information content (AvgIpc) is 2.37. The molecule has 19 heavy (non-hydrogen) atoms. The van der Waals surface area contributed by atoms with Crippen molar-refractivity contribution in [1.29, 1.82) is 0 Å². The number of nitrogen functional groups attached to an aromatic ring is 1. The number of ether oxygens (including phenoxy) is 1. The second-order valence-corrected chi connectivity index (χ2v) is 4.28. The molecule has 5 nitrogen and oxygen atoms in total. The van der Waals surface area contributed by atoms with E-state index in [9.17, 15) is 4.79 Å². The number of aryl methyl sites for hydroxylation is 1. The summed E-state index contributed by atoms with van der Waals surface area (Å²) in [7, 11) is 0. The molecule has 0 aliphatic rings. The molecular formula is C14H15N3O2. The van der Waals surface area contributed by atoms with Crippen molar-refractivity contribution >= 4 is 11.6 Å². The van der Waals surface area contributed by atoms with Crippen LogP contribution in [-0.4, -0.2) is 10.9 Å². The van der Waals surface area contributed by atoms with Gasteiger partial charge in [0.05, 0.1) is 5.56 Å². The van der Waals surface area contributed by atoms with Gasteiger partial charge in [0, 0.05) is 23.6 Å². The number of amides is 1. The molecule has 0 fully saturated rings. The van der Waals surface area contributed by atoms with Crippen molar-refractivity contribution in [3.8, 4) is 5.75 Å². The Morgan fingerprint density at radius 1 is 1.32 bits per heavy atom. The molecule has 1 aromatic carbocycles. The molecule has 0 aliphatic heterocycles. The van der Waals surface area contributed by atoms with E-state index in [1.165, 1.54) is 6.07 Å². The van der Waals surface area contributed by atoms with Crippen LogP contribution in [-0.2, 0) is 6.61 Å². The lowest BCUT2D eigenvalue weighted by Gasteiger charge is -2.10. The predicted octanol–water partition coefficient (Wildman–Crippen LogP) is 1.65. The van der Waals surface area contributed by atoms with Crippen LogP contribution in [0.1, 0.15) is 21.5 Å². The summed E-state index contributed by atoms with van der Waals surface area (Å²) in [6, 6.07) is 6.77. The lowest BCUT2D eigenvalue weighted by molar-refractivity contribution is 0.0996. The molecule has 0 aliphatic carbocycles. The number of primary amides is 1. The fraction of sp³-hybridized carbons (Fsp3) is 0.143. The van der Waals surface area contributed by atoms with Gasteiger partial charge in [-0.05, 0) is 36.8 Å². The normalized spacial score (nSPS) is 10.2. The molecule has 1 amide bonds. The number of carbonyl (C=O) groups excluding carboxylic acids is 1. The minimum Gasteiger partial charge on any atom is -0.488 e. The van der Waals surface area contributed by atoms with E-state index in [-0.39, 0.29) is 5.56 Å². The molecule has 4 N–H and O–H groups in total. The van der Waals surface area contributed by atoms with Crippen LogP contribution in [0.15, 0.2) is 36.7 Å². The van der Waals surface area contributed by atoms with Crippen LogP contribution < -0.4 is 16.2 Å². The molecule has 1 aromatic heterocycles. The Balaban J connectivity index is 2.17. The van der Waals surface area contributed by atoms with Crippen LogP contribution in [0.3, 0.4) is 0 Å². The van der Waals surface area contributed by atoms with Crippen molar-refractivity contribution in [2.75, 3.05) is 5.73 Å². The van der Waals surface area contributed by atoms with Gasteiger partial charge in [0.2, 0.25) is 0 Å². The van der Waals surface area contributed by atoms with Gasteiger partial charge < -0.3 is 16.2 Å². The summed E-state index contributed by atoms with van der Waals surface area (Å²) in [4.78, 5) is 15.4. The summed E-state index contributed by atoms with van der Waals surface area (Å²) >= 11 is 0. The van der Waals surface area contributed by atoms with Gasteiger partial charge >= 0.3 is 0 Å². The van der Waals surface area contributed by atoms with E-state index >= 15 is 0 Å². The second kappa shape index (κ2) is 5.39. The van der Waals surface area contributed by atoms with Crippen molar-refractivity contribution in [2.24, 2.45) is 5.73 Å². The van der Waals surface area contributed by atoms with E-state index in [1.807, 2.05) is 13.0 Å². The molecule has 98 valence electrons. The number of rotatable bonds is 4. The van der Waals surface area contributed by atoms with Gasteiger partial charge in [-0.2, -0.15) is 0 Å². The van der Waals surface area contributed by atoms with Crippen molar-refractivity contribution in [3.05, 3.63) is 53.3 Å². The van der Waals surface area contributed by atoms with Crippen LogP contribution in [0.2, 0.25) is 0 Å². The number of anilines is 1. The summed E-state index contributed by atoms with van der Waals surface area (Å²) in [5, 5.41) is 0. The minimum atomic E-state index is -0.565. The SMILES string of the molecule is Cc1cncc(COc2ccc(N)cc2C(N)=O)c1. The highest BCUT2D eigenvalue weighted by Crippen LogP contribution is 2.22.